The number of aromatic nitrogens is 5. The molecule has 236 valence electrons. The summed E-state index contributed by atoms with van der Waals surface area (Å²) in [6.45, 7) is -0.893. The predicted molar refractivity (Wildman–Crippen MR) is 145 cm³/mol. The van der Waals surface area contributed by atoms with Crippen LogP contribution in [0.3, 0.4) is 0 Å². The highest BCUT2D eigenvalue weighted by Gasteiger charge is 2.35. The van der Waals surface area contributed by atoms with Gasteiger partial charge >= 0.3 is 12.5 Å². The first kappa shape index (κ1) is 31.6. The number of benzene rings is 3. The lowest BCUT2D eigenvalue weighted by molar-refractivity contribution is -0.274. The number of aliphatic hydroxyl groups excluding tert-OH is 1. The summed E-state index contributed by atoms with van der Waals surface area (Å²) in [5, 5.41) is 21.1. The molecule has 0 unspecified atom stereocenters. The number of aliphatic hydroxyl groups is 1. The minimum atomic E-state index is -4.93. The summed E-state index contributed by atoms with van der Waals surface area (Å²) >= 11 is 0. The number of rotatable bonds is 7. The van der Waals surface area contributed by atoms with Crippen molar-refractivity contribution < 1.29 is 49.0 Å². The molecular formula is C28H20F7N5O4S. The first-order valence-corrected chi connectivity index (χ1v) is 14.5. The van der Waals surface area contributed by atoms with Crippen LogP contribution in [0.1, 0.15) is 11.3 Å². The average molecular weight is 656 g/mol. The van der Waals surface area contributed by atoms with E-state index in [9.17, 15) is 44.3 Å². The van der Waals surface area contributed by atoms with Gasteiger partial charge in [-0.05, 0) is 59.7 Å². The van der Waals surface area contributed by atoms with Crippen molar-refractivity contribution in [3.63, 3.8) is 0 Å². The number of alkyl halides is 6. The molecule has 5 aromatic rings. The summed E-state index contributed by atoms with van der Waals surface area (Å²) in [4.78, 5) is -0.463. The smallest absolute Gasteiger partial charge is 0.406 e. The SMILES string of the molecule is Cn1nc(C(F)(F)F)cc1-c1ccc(-c2cc(F)c(CO)c(S(C)(=O)=O)c2)cc1-n1nncc1-c1ccc(OC(F)(F)F)cc1. The van der Waals surface area contributed by atoms with Crippen LogP contribution in [0.25, 0.3) is 39.3 Å². The summed E-state index contributed by atoms with van der Waals surface area (Å²) in [6.07, 6.45) is -7.60. The molecule has 1 N–H and O–H groups in total. The Kier molecular flexibility index (Phi) is 7.95. The number of halogens is 7. The zero-order chi connectivity index (χ0) is 32.9. The lowest BCUT2D eigenvalue weighted by Gasteiger charge is -2.16. The van der Waals surface area contributed by atoms with Crippen LogP contribution in [0.5, 0.6) is 5.75 Å². The molecular weight excluding hydrogens is 635 g/mol. The third-order valence-electron chi connectivity index (χ3n) is 6.65. The fourth-order valence-corrected chi connectivity index (χ4v) is 5.61. The van der Waals surface area contributed by atoms with Crippen molar-refractivity contribution in [2.24, 2.45) is 7.05 Å². The molecule has 2 aromatic heterocycles. The van der Waals surface area contributed by atoms with Gasteiger partial charge in [-0.3, -0.25) is 4.68 Å². The third kappa shape index (κ3) is 6.53. The van der Waals surface area contributed by atoms with Crippen molar-refractivity contribution in [2.75, 3.05) is 6.26 Å². The third-order valence-corrected chi connectivity index (χ3v) is 7.81. The van der Waals surface area contributed by atoms with Gasteiger partial charge in [0, 0.05) is 30.0 Å². The Morgan fingerprint density at radius 2 is 1.56 bits per heavy atom. The Balaban J connectivity index is 1.72. The monoisotopic (exact) mass is 655 g/mol. The number of hydrogen-bond donors (Lipinski definition) is 1. The second kappa shape index (κ2) is 11.3. The molecule has 2 heterocycles. The maximum absolute atomic E-state index is 15.0. The van der Waals surface area contributed by atoms with Crippen molar-refractivity contribution in [2.45, 2.75) is 24.0 Å². The minimum absolute atomic E-state index is 0.0158. The number of hydrogen-bond acceptors (Lipinski definition) is 7. The van der Waals surface area contributed by atoms with Crippen molar-refractivity contribution in [3.8, 4) is 45.1 Å². The van der Waals surface area contributed by atoms with Crippen LogP contribution in [-0.4, -0.2) is 50.9 Å². The summed E-state index contributed by atoms with van der Waals surface area (Å²) in [5.41, 5.74) is -0.669. The van der Waals surface area contributed by atoms with Gasteiger partial charge in [-0.25, -0.2) is 17.5 Å². The Hall–Kier alpha value is -4.77. The summed E-state index contributed by atoms with van der Waals surface area (Å²) < 4.78 is 124. The fourth-order valence-electron chi connectivity index (χ4n) is 4.66. The largest absolute Gasteiger partial charge is 0.573 e. The Morgan fingerprint density at radius 3 is 2.13 bits per heavy atom. The molecule has 3 aromatic carbocycles. The Labute approximate surface area is 250 Å². The van der Waals surface area contributed by atoms with Gasteiger partial charge in [-0.1, -0.05) is 17.3 Å². The normalized spacial score (nSPS) is 12.5. The summed E-state index contributed by atoms with van der Waals surface area (Å²) in [6, 6.07) is 11.8. The first-order valence-electron chi connectivity index (χ1n) is 12.6. The quantitative estimate of drug-likeness (QED) is 0.216. The van der Waals surface area contributed by atoms with Gasteiger partial charge in [0.1, 0.15) is 11.6 Å². The topological polar surface area (TPSA) is 112 Å². The van der Waals surface area contributed by atoms with E-state index in [2.05, 4.69) is 20.1 Å². The van der Waals surface area contributed by atoms with E-state index in [0.717, 1.165) is 41.3 Å². The Bertz CT molecular complexity index is 2000. The maximum atomic E-state index is 15.0. The minimum Gasteiger partial charge on any atom is -0.406 e. The highest BCUT2D eigenvalue weighted by molar-refractivity contribution is 7.90. The molecule has 17 heteroatoms. The van der Waals surface area contributed by atoms with Crippen LogP contribution >= 0.6 is 0 Å². The molecule has 0 aliphatic rings. The molecule has 0 fully saturated rings. The van der Waals surface area contributed by atoms with E-state index < -0.39 is 56.7 Å². The lowest BCUT2D eigenvalue weighted by atomic mass is 9.99. The molecule has 0 saturated heterocycles. The molecule has 9 nitrogen and oxygen atoms in total. The maximum Gasteiger partial charge on any atom is 0.573 e. The molecule has 0 saturated carbocycles. The molecule has 0 spiro atoms. The second-order valence-electron chi connectivity index (χ2n) is 9.74. The standard InChI is InChI=1S/C28H20F7N5O4S/c1-39-22(12-26(37-39)27(30,31)32)19-8-5-16(17-9-21(29)20(14-41)25(11-17)45(2,42)43)10-23(19)40-24(13-36-38-40)15-3-6-18(7-4-15)44-28(33,34)35/h3-13,41H,14H2,1-2H3. The van der Waals surface area contributed by atoms with Crippen LogP contribution in [-0.2, 0) is 29.7 Å². The second-order valence-corrected chi connectivity index (χ2v) is 11.7. The van der Waals surface area contributed by atoms with E-state index in [4.69, 9.17) is 0 Å². The van der Waals surface area contributed by atoms with Gasteiger partial charge < -0.3 is 9.84 Å². The van der Waals surface area contributed by atoms with Gasteiger partial charge in [0.2, 0.25) is 0 Å². The van der Waals surface area contributed by atoms with E-state index in [1.54, 1.807) is 0 Å². The van der Waals surface area contributed by atoms with Gasteiger partial charge in [0.25, 0.3) is 0 Å². The van der Waals surface area contributed by atoms with Crippen molar-refractivity contribution in [1.29, 1.82) is 0 Å². The van der Waals surface area contributed by atoms with E-state index in [0.29, 0.717) is 5.56 Å². The highest BCUT2D eigenvalue weighted by Crippen LogP contribution is 2.38. The van der Waals surface area contributed by atoms with Crippen LogP contribution in [0.2, 0.25) is 0 Å². The number of aryl methyl sites for hydroxylation is 1. The molecule has 0 aliphatic carbocycles. The Morgan fingerprint density at radius 1 is 0.889 bits per heavy atom. The molecule has 0 atom stereocenters. The number of nitrogens with zero attached hydrogens (tertiary/aromatic N) is 5. The van der Waals surface area contributed by atoms with Crippen LogP contribution < -0.4 is 4.74 Å². The van der Waals surface area contributed by atoms with Crippen molar-refractivity contribution >= 4 is 9.84 Å². The van der Waals surface area contributed by atoms with Crippen LogP contribution in [0, 0.1) is 5.82 Å². The predicted octanol–water partition coefficient (Wildman–Crippen LogP) is 5.95. The molecule has 45 heavy (non-hydrogen) atoms. The molecule has 0 aliphatic heterocycles. The van der Waals surface area contributed by atoms with E-state index >= 15 is 0 Å². The summed E-state index contributed by atoms with van der Waals surface area (Å²) in [7, 11) is -2.72. The van der Waals surface area contributed by atoms with E-state index in [1.807, 2.05) is 0 Å². The van der Waals surface area contributed by atoms with Crippen molar-refractivity contribution in [3.05, 3.63) is 83.9 Å². The van der Waals surface area contributed by atoms with Gasteiger partial charge in [0.05, 0.1) is 34.8 Å². The number of ether oxygens (including phenoxy) is 1. The van der Waals surface area contributed by atoms with Crippen LogP contribution in [0.4, 0.5) is 30.7 Å². The van der Waals surface area contributed by atoms with E-state index in [-0.39, 0.29) is 33.8 Å². The lowest BCUT2D eigenvalue weighted by Crippen LogP contribution is -2.16. The average Bonchev–Trinajstić information content (AvgIpc) is 3.58. The molecule has 0 amide bonds. The molecule has 0 bridgehead atoms. The van der Waals surface area contributed by atoms with Crippen molar-refractivity contribution in [1.82, 2.24) is 24.8 Å². The van der Waals surface area contributed by atoms with Gasteiger partial charge in [-0.15, -0.1) is 18.3 Å². The zero-order valence-corrected chi connectivity index (χ0v) is 23.8. The molecule has 5 rings (SSSR count). The van der Waals surface area contributed by atoms with Gasteiger partial charge in [-0.2, -0.15) is 18.3 Å². The van der Waals surface area contributed by atoms with Crippen LogP contribution in [0.15, 0.2) is 71.8 Å². The number of sulfone groups is 1. The van der Waals surface area contributed by atoms with Gasteiger partial charge in [0.15, 0.2) is 15.5 Å². The summed E-state index contributed by atoms with van der Waals surface area (Å²) in [5.74, 6) is -1.51. The highest BCUT2D eigenvalue weighted by atomic mass is 32.2. The fraction of sp³-hybridized carbons (Fsp3) is 0.179. The van der Waals surface area contributed by atoms with E-state index in [1.165, 1.54) is 48.3 Å². The first-order chi connectivity index (χ1) is 21.0. The molecule has 0 radical (unpaired) electrons. The zero-order valence-electron chi connectivity index (χ0n) is 23.0.